The number of benzene rings is 1. The standard InChI is InChI=1S/C21H24FN7O2/c1-13-16-12-15(22)5-6-17(16)24-21(23-13)29-7-3-4-18(29)20(30)28-10-8-27(9-11-28)19-14(2)25-31-26-19/h5-6,12,18H,3-4,7-11H2,1-2H3/t18-/m0/s1. The minimum atomic E-state index is -0.308. The van der Waals surface area contributed by atoms with Crippen molar-refractivity contribution in [1.82, 2.24) is 25.2 Å². The van der Waals surface area contributed by atoms with Gasteiger partial charge in [-0.25, -0.2) is 19.0 Å². The normalized spacial score (nSPS) is 19.5. The summed E-state index contributed by atoms with van der Waals surface area (Å²) in [5.41, 5.74) is 2.15. The van der Waals surface area contributed by atoms with E-state index in [1.807, 2.05) is 23.6 Å². The van der Waals surface area contributed by atoms with Crippen LogP contribution in [-0.4, -0.2) is 69.9 Å². The molecule has 4 heterocycles. The van der Waals surface area contributed by atoms with E-state index in [1.54, 1.807) is 6.07 Å². The highest BCUT2D eigenvalue weighted by Gasteiger charge is 2.36. The molecule has 2 aromatic heterocycles. The molecule has 2 aliphatic heterocycles. The summed E-state index contributed by atoms with van der Waals surface area (Å²) in [7, 11) is 0. The number of carbonyl (C=O) groups is 1. The third-order valence-electron chi connectivity index (χ3n) is 6.15. The predicted molar refractivity (Wildman–Crippen MR) is 112 cm³/mol. The molecule has 0 N–H and O–H groups in total. The van der Waals surface area contributed by atoms with E-state index < -0.39 is 0 Å². The lowest BCUT2D eigenvalue weighted by atomic mass is 10.1. The van der Waals surface area contributed by atoms with Gasteiger partial charge in [0.2, 0.25) is 11.9 Å². The van der Waals surface area contributed by atoms with Crippen LogP contribution in [0.5, 0.6) is 0 Å². The van der Waals surface area contributed by atoms with Gasteiger partial charge in [0.15, 0.2) is 5.82 Å². The molecule has 1 aromatic carbocycles. The molecule has 0 bridgehead atoms. The lowest BCUT2D eigenvalue weighted by molar-refractivity contribution is -0.132. The summed E-state index contributed by atoms with van der Waals surface area (Å²) in [6, 6.07) is 4.23. The lowest BCUT2D eigenvalue weighted by Gasteiger charge is -2.37. The third-order valence-corrected chi connectivity index (χ3v) is 6.15. The van der Waals surface area contributed by atoms with E-state index >= 15 is 0 Å². The van der Waals surface area contributed by atoms with Crippen molar-refractivity contribution in [3.05, 3.63) is 35.4 Å². The zero-order valence-corrected chi connectivity index (χ0v) is 17.6. The smallest absolute Gasteiger partial charge is 0.245 e. The number of halogens is 1. The monoisotopic (exact) mass is 425 g/mol. The Hall–Kier alpha value is -3.30. The topological polar surface area (TPSA) is 91.5 Å². The summed E-state index contributed by atoms with van der Waals surface area (Å²) in [5.74, 6) is 1.07. The Bertz CT molecular complexity index is 1130. The van der Waals surface area contributed by atoms with E-state index in [1.165, 1.54) is 12.1 Å². The molecule has 0 unspecified atom stereocenters. The quantitative estimate of drug-likeness (QED) is 0.630. The first-order valence-electron chi connectivity index (χ1n) is 10.5. The summed E-state index contributed by atoms with van der Waals surface area (Å²) in [6.45, 7) is 7.04. The van der Waals surface area contributed by atoms with Crippen LogP contribution in [0.3, 0.4) is 0 Å². The van der Waals surface area contributed by atoms with E-state index in [4.69, 9.17) is 4.63 Å². The van der Waals surface area contributed by atoms with Crippen LogP contribution in [0.4, 0.5) is 16.2 Å². The van der Waals surface area contributed by atoms with E-state index in [0.29, 0.717) is 48.7 Å². The van der Waals surface area contributed by atoms with Crippen LogP contribution in [0.25, 0.3) is 10.9 Å². The largest absolute Gasteiger partial charge is 0.349 e. The van der Waals surface area contributed by atoms with Crippen molar-refractivity contribution < 1.29 is 13.8 Å². The number of amides is 1. The lowest BCUT2D eigenvalue weighted by Crippen LogP contribution is -2.54. The zero-order valence-electron chi connectivity index (χ0n) is 17.6. The molecule has 2 fully saturated rings. The molecular weight excluding hydrogens is 401 g/mol. The Morgan fingerprint density at radius 2 is 1.87 bits per heavy atom. The SMILES string of the molecule is Cc1nonc1N1CCN(C(=O)[C@@H]2CCCN2c2nc(C)c3cc(F)ccc3n2)CC1. The molecular formula is C21H24FN7O2. The molecule has 10 heteroatoms. The van der Waals surface area contributed by atoms with E-state index in [-0.39, 0.29) is 17.8 Å². The Kier molecular flexibility index (Phi) is 4.91. The number of aromatic nitrogens is 4. The van der Waals surface area contributed by atoms with Gasteiger partial charge in [0.1, 0.15) is 17.6 Å². The molecule has 0 spiro atoms. The van der Waals surface area contributed by atoms with Gasteiger partial charge in [-0.1, -0.05) is 5.16 Å². The molecule has 1 amide bonds. The van der Waals surface area contributed by atoms with Crippen molar-refractivity contribution in [1.29, 1.82) is 0 Å². The van der Waals surface area contributed by atoms with Crippen molar-refractivity contribution in [3.63, 3.8) is 0 Å². The second kappa shape index (κ2) is 7.75. The van der Waals surface area contributed by atoms with Crippen molar-refractivity contribution in [2.45, 2.75) is 32.7 Å². The van der Waals surface area contributed by atoms with Crippen molar-refractivity contribution in [3.8, 4) is 0 Å². The molecule has 9 nitrogen and oxygen atoms in total. The summed E-state index contributed by atoms with van der Waals surface area (Å²) < 4.78 is 18.4. The number of hydrogen-bond acceptors (Lipinski definition) is 8. The van der Waals surface area contributed by atoms with Gasteiger partial charge in [0.25, 0.3) is 0 Å². The molecule has 162 valence electrons. The molecule has 1 atom stereocenters. The molecule has 0 radical (unpaired) electrons. The van der Waals surface area contributed by atoms with Gasteiger partial charge in [-0.3, -0.25) is 4.79 Å². The van der Waals surface area contributed by atoms with Gasteiger partial charge in [-0.05, 0) is 50.0 Å². The van der Waals surface area contributed by atoms with Crippen LogP contribution in [0.2, 0.25) is 0 Å². The first-order valence-corrected chi connectivity index (χ1v) is 10.5. The first-order chi connectivity index (χ1) is 15.0. The molecule has 5 rings (SSSR count). The van der Waals surface area contributed by atoms with Crippen LogP contribution >= 0.6 is 0 Å². The number of rotatable bonds is 3. The highest BCUT2D eigenvalue weighted by Crippen LogP contribution is 2.28. The molecule has 0 aliphatic carbocycles. The first kappa shape index (κ1) is 19.7. The second-order valence-corrected chi connectivity index (χ2v) is 8.11. The molecule has 31 heavy (non-hydrogen) atoms. The number of aryl methyl sites for hydroxylation is 2. The molecule has 2 saturated heterocycles. The summed E-state index contributed by atoms with van der Waals surface area (Å²) in [5, 5.41) is 8.50. The van der Waals surface area contributed by atoms with Crippen LogP contribution in [-0.2, 0) is 4.79 Å². The Morgan fingerprint density at radius 1 is 1.06 bits per heavy atom. The van der Waals surface area contributed by atoms with Gasteiger partial charge >= 0.3 is 0 Å². The number of hydrogen-bond donors (Lipinski definition) is 0. The van der Waals surface area contributed by atoms with Crippen LogP contribution in [0.15, 0.2) is 22.8 Å². The Labute approximate surface area is 178 Å². The fourth-order valence-corrected chi connectivity index (χ4v) is 4.49. The van der Waals surface area contributed by atoms with Crippen LogP contribution in [0.1, 0.15) is 24.2 Å². The third kappa shape index (κ3) is 3.55. The highest BCUT2D eigenvalue weighted by atomic mass is 19.1. The predicted octanol–water partition coefficient (Wildman–Crippen LogP) is 2.09. The van der Waals surface area contributed by atoms with Crippen molar-refractivity contribution >= 4 is 28.6 Å². The molecule has 2 aliphatic rings. The summed E-state index contributed by atoms with van der Waals surface area (Å²) >= 11 is 0. The average molecular weight is 425 g/mol. The minimum Gasteiger partial charge on any atom is -0.349 e. The maximum atomic E-state index is 13.6. The number of carbonyl (C=O) groups excluding carboxylic acids is 1. The summed E-state index contributed by atoms with van der Waals surface area (Å²) in [6.07, 6.45) is 1.68. The fourth-order valence-electron chi connectivity index (χ4n) is 4.49. The van der Waals surface area contributed by atoms with Gasteiger partial charge in [-0.2, -0.15) is 0 Å². The summed E-state index contributed by atoms with van der Waals surface area (Å²) in [4.78, 5) is 28.6. The molecule has 0 saturated carbocycles. The maximum absolute atomic E-state index is 13.6. The van der Waals surface area contributed by atoms with Crippen molar-refractivity contribution in [2.24, 2.45) is 0 Å². The number of fused-ring (bicyclic) bond motifs is 1. The Balaban J connectivity index is 1.33. The van der Waals surface area contributed by atoms with E-state index in [2.05, 4.69) is 25.2 Å². The van der Waals surface area contributed by atoms with Gasteiger partial charge in [0.05, 0.1) is 11.2 Å². The van der Waals surface area contributed by atoms with Gasteiger partial charge < -0.3 is 14.7 Å². The fraction of sp³-hybridized carbons (Fsp3) is 0.476. The van der Waals surface area contributed by atoms with Gasteiger partial charge in [0, 0.05) is 38.1 Å². The Morgan fingerprint density at radius 3 is 2.61 bits per heavy atom. The van der Waals surface area contributed by atoms with Crippen LogP contribution in [0, 0.1) is 19.7 Å². The highest BCUT2D eigenvalue weighted by molar-refractivity contribution is 5.87. The van der Waals surface area contributed by atoms with Crippen LogP contribution < -0.4 is 9.80 Å². The second-order valence-electron chi connectivity index (χ2n) is 8.11. The minimum absolute atomic E-state index is 0.104. The molecule has 3 aromatic rings. The number of anilines is 2. The average Bonchev–Trinajstić information content (AvgIpc) is 3.43. The van der Waals surface area contributed by atoms with Gasteiger partial charge in [-0.15, -0.1) is 0 Å². The zero-order chi connectivity index (χ0) is 21.5. The van der Waals surface area contributed by atoms with E-state index in [0.717, 1.165) is 30.9 Å². The van der Waals surface area contributed by atoms with E-state index in [9.17, 15) is 9.18 Å². The number of nitrogens with zero attached hydrogens (tertiary/aromatic N) is 7. The number of piperazine rings is 1. The van der Waals surface area contributed by atoms with Crippen molar-refractivity contribution in [2.75, 3.05) is 42.5 Å². The maximum Gasteiger partial charge on any atom is 0.245 e.